The number of benzene rings is 1. The van der Waals surface area contributed by atoms with Gasteiger partial charge in [-0.25, -0.2) is 0 Å². The Morgan fingerprint density at radius 1 is 1.33 bits per heavy atom. The molecule has 114 valence electrons. The largest absolute Gasteiger partial charge is 0.319 e. The minimum atomic E-state index is -0.424. The summed E-state index contributed by atoms with van der Waals surface area (Å²) in [7, 11) is 0. The summed E-state index contributed by atoms with van der Waals surface area (Å²) in [6.45, 7) is 8.61. The van der Waals surface area contributed by atoms with E-state index in [1.54, 1.807) is 12.1 Å². The van der Waals surface area contributed by atoms with Gasteiger partial charge in [0, 0.05) is 18.2 Å². The first kappa shape index (κ1) is 15.4. The number of non-ortho nitro benzene ring substituents is 1. The van der Waals surface area contributed by atoms with E-state index in [1.165, 1.54) is 12.1 Å². The highest BCUT2D eigenvalue weighted by Gasteiger charge is 2.39. The first-order valence-corrected chi connectivity index (χ1v) is 7.00. The highest BCUT2D eigenvalue weighted by atomic mass is 16.6. The van der Waals surface area contributed by atoms with Crippen LogP contribution in [0.2, 0.25) is 0 Å². The van der Waals surface area contributed by atoms with E-state index in [2.05, 4.69) is 26.1 Å². The molecule has 1 aromatic rings. The van der Waals surface area contributed by atoms with Crippen LogP contribution >= 0.6 is 0 Å². The second-order valence-corrected chi connectivity index (χ2v) is 6.48. The molecule has 21 heavy (non-hydrogen) atoms. The molecule has 0 bridgehead atoms. The first-order valence-electron chi connectivity index (χ1n) is 7.00. The number of hydrogen-bond acceptors (Lipinski definition) is 4. The molecule has 1 aromatic carbocycles. The Hall–Kier alpha value is -1.95. The van der Waals surface area contributed by atoms with Gasteiger partial charge >= 0.3 is 0 Å². The van der Waals surface area contributed by atoms with Crippen LogP contribution in [0.5, 0.6) is 0 Å². The standard InChI is InChI=1S/C15H21N3O3/c1-10(15(2,3)4)17-13(19)9-16-14(17)11-5-7-12(8-6-11)18(20)21/h5-8,10,14,16H,9H2,1-4H3. The maximum absolute atomic E-state index is 12.2. The lowest BCUT2D eigenvalue weighted by atomic mass is 9.86. The summed E-state index contributed by atoms with van der Waals surface area (Å²) in [4.78, 5) is 24.3. The fourth-order valence-electron chi connectivity index (χ4n) is 2.43. The number of hydrogen-bond donors (Lipinski definition) is 1. The third-order valence-corrected chi connectivity index (χ3v) is 4.10. The molecule has 0 aromatic heterocycles. The first-order chi connectivity index (χ1) is 9.71. The lowest BCUT2D eigenvalue weighted by Gasteiger charge is -2.38. The zero-order valence-corrected chi connectivity index (χ0v) is 12.8. The Morgan fingerprint density at radius 3 is 2.38 bits per heavy atom. The summed E-state index contributed by atoms with van der Waals surface area (Å²) in [6, 6.07) is 6.41. The molecule has 2 rings (SSSR count). The van der Waals surface area contributed by atoms with E-state index in [4.69, 9.17) is 0 Å². The van der Waals surface area contributed by atoms with Crippen LogP contribution in [-0.2, 0) is 4.79 Å². The summed E-state index contributed by atoms with van der Waals surface area (Å²) in [5.74, 6) is 0.0563. The molecule has 1 N–H and O–H groups in total. The number of nitro groups is 1. The zero-order chi connectivity index (χ0) is 15.8. The van der Waals surface area contributed by atoms with Crippen LogP contribution in [0.15, 0.2) is 24.3 Å². The van der Waals surface area contributed by atoms with Crippen molar-refractivity contribution in [1.82, 2.24) is 10.2 Å². The van der Waals surface area contributed by atoms with Crippen LogP contribution in [0, 0.1) is 15.5 Å². The summed E-state index contributed by atoms with van der Waals surface area (Å²) in [5.41, 5.74) is 0.877. The van der Waals surface area contributed by atoms with Gasteiger partial charge in [0.05, 0.1) is 11.5 Å². The van der Waals surface area contributed by atoms with Crippen molar-refractivity contribution in [1.29, 1.82) is 0 Å². The van der Waals surface area contributed by atoms with Crippen molar-refractivity contribution in [3.63, 3.8) is 0 Å². The van der Waals surface area contributed by atoms with E-state index in [9.17, 15) is 14.9 Å². The molecule has 1 saturated heterocycles. The van der Waals surface area contributed by atoms with Gasteiger partial charge in [-0.1, -0.05) is 20.8 Å². The lowest BCUT2D eigenvalue weighted by molar-refractivity contribution is -0.384. The van der Waals surface area contributed by atoms with E-state index >= 15 is 0 Å². The average molecular weight is 291 g/mol. The van der Waals surface area contributed by atoms with Crippen molar-refractivity contribution in [3.05, 3.63) is 39.9 Å². The topological polar surface area (TPSA) is 75.5 Å². The van der Waals surface area contributed by atoms with Gasteiger partial charge in [0.2, 0.25) is 5.91 Å². The van der Waals surface area contributed by atoms with Crippen LogP contribution in [0.3, 0.4) is 0 Å². The molecule has 0 spiro atoms. The number of carbonyl (C=O) groups excluding carboxylic acids is 1. The molecule has 0 radical (unpaired) electrons. The van der Waals surface area contributed by atoms with Crippen LogP contribution in [0.1, 0.15) is 39.4 Å². The SMILES string of the molecule is CC(N1C(=O)CNC1c1ccc([N+](=O)[O-])cc1)C(C)(C)C. The number of rotatable bonds is 3. The van der Waals surface area contributed by atoms with E-state index < -0.39 is 4.92 Å². The smallest absolute Gasteiger partial charge is 0.269 e. The quantitative estimate of drug-likeness (QED) is 0.685. The fourth-order valence-corrected chi connectivity index (χ4v) is 2.43. The molecule has 2 unspecified atom stereocenters. The minimum absolute atomic E-state index is 0.0410. The Bertz CT molecular complexity index is 548. The molecule has 6 nitrogen and oxygen atoms in total. The molecule has 1 amide bonds. The van der Waals surface area contributed by atoms with Gasteiger partial charge in [-0.15, -0.1) is 0 Å². The number of nitrogens with one attached hydrogen (secondary N) is 1. The fraction of sp³-hybridized carbons (Fsp3) is 0.533. The summed E-state index contributed by atoms with van der Waals surface area (Å²) in [6.07, 6.45) is -0.229. The predicted octanol–water partition coefficient (Wildman–Crippen LogP) is 2.46. The maximum Gasteiger partial charge on any atom is 0.269 e. The summed E-state index contributed by atoms with van der Waals surface area (Å²) < 4.78 is 0. The van der Waals surface area contributed by atoms with Gasteiger partial charge < -0.3 is 4.90 Å². The molecule has 1 aliphatic heterocycles. The highest BCUT2D eigenvalue weighted by Crippen LogP contribution is 2.33. The number of nitrogens with zero attached hydrogens (tertiary/aromatic N) is 2. The monoisotopic (exact) mass is 291 g/mol. The second-order valence-electron chi connectivity index (χ2n) is 6.48. The van der Waals surface area contributed by atoms with Gasteiger partial charge in [-0.05, 0) is 30.0 Å². The molecule has 1 aliphatic rings. The zero-order valence-electron chi connectivity index (χ0n) is 12.8. The molecule has 0 saturated carbocycles. The number of nitro benzene ring substituents is 1. The maximum atomic E-state index is 12.2. The van der Waals surface area contributed by atoms with Crippen molar-refractivity contribution in [2.24, 2.45) is 5.41 Å². The van der Waals surface area contributed by atoms with Crippen LogP contribution < -0.4 is 5.32 Å². The van der Waals surface area contributed by atoms with E-state index in [1.807, 2.05) is 11.8 Å². The van der Waals surface area contributed by atoms with Crippen molar-refractivity contribution in [3.8, 4) is 0 Å². The summed E-state index contributed by atoms with van der Waals surface area (Å²) in [5, 5.41) is 13.9. The van der Waals surface area contributed by atoms with Gasteiger partial charge in [0.15, 0.2) is 0 Å². The number of carbonyl (C=O) groups is 1. The van der Waals surface area contributed by atoms with Crippen LogP contribution in [0.25, 0.3) is 0 Å². The van der Waals surface area contributed by atoms with Gasteiger partial charge in [0.1, 0.15) is 6.17 Å². The van der Waals surface area contributed by atoms with Crippen LogP contribution in [0.4, 0.5) is 5.69 Å². The Morgan fingerprint density at radius 2 is 1.90 bits per heavy atom. The van der Waals surface area contributed by atoms with Crippen molar-refractivity contribution < 1.29 is 9.72 Å². The lowest BCUT2D eigenvalue weighted by Crippen LogP contribution is -2.45. The molecule has 1 fully saturated rings. The van der Waals surface area contributed by atoms with Crippen molar-refractivity contribution >= 4 is 11.6 Å². The Balaban J connectivity index is 2.29. The Labute approximate surface area is 124 Å². The van der Waals surface area contributed by atoms with Crippen molar-refractivity contribution in [2.75, 3.05) is 6.54 Å². The van der Waals surface area contributed by atoms with Gasteiger partial charge in [-0.3, -0.25) is 20.2 Å². The Kier molecular flexibility index (Phi) is 4.00. The third-order valence-electron chi connectivity index (χ3n) is 4.10. The normalized spacial score (nSPS) is 20.7. The molecule has 1 heterocycles. The van der Waals surface area contributed by atoms with E-state index in [0.717, 1.165) is 5.56 Å². The molecule has 0 aliphatic carbocycles. The molecule has 2 atom stereocenters. The minimum Gasteiger partial charge on any atom is -0.319 e. The molecular weight excluding hydrogens is 270 g/mol. The molecular formula is C15H21N3O3. The van der Waals surface area contributed by atoms with E-state index in [-0.39, 0.29) is 29.2 Å². The van der Waals surface area contributed by atoms with Gasteiger partial charge in [0.25, 0.3) is 5.69 Å². The third kappa shape index (κ3) is 3.05. The predicted molar refractivity (Wildman–Crippen MR) is 79.6 cm³/mol. The average Bonchev–Trinajstić information content (AvgIpc) is 2.78. The molecule has 6 heteroatoms. The summed E-state index contributed by atoms with van der Waals surface area (Å²) >= 11 is 0. The highest BCUT2D eigenvalue weighted by molar-refractivity contribution is 5.81. The van der Waals surface area contributed by atoms with Gasteiger partial charge in [-0.2, -0.15) is 0 Å². The number of amides is 1. The van der Waals surface area contributed by atoms with Crippen molar-refractivity contribution in [2.45, 2.75) is 39.9 Å². The second kappa shape index (κ2) is 5.44. The van der Waals surface area contributed by atoms with E-state index in [0.29, 0.717) is 6.54 Å². The van der Waals surface area contributed by atoms with Crippen LogP contribution in [-0.4, -0.2) is 28.3 Å².